The zero-order valence-corrected chi connectivity index (χ0v) is 11.9. The summed E-state index contributed by atoms with van der Waals surface area (Å²) in [7, 11) is 1.70. The smallest absolute Gasteiger partial charge is 0.234 e. The second-order valence-corrected chi connectivity index (χ2v) is 4.69. The van der Waals surface area contributed by atoms with Crippen LogP contribution in [0.5, 0.6) is 0 Å². The molecule has 0 saturated heterocycles. The number of aryl methyl sites for hydroxylation is 1. The Morgan fingerprint density at radius 3 is 2.65 bits per heavy atom. The summed E-state index contributed by atoms with van der Waals surface area (Å²) in [6, 6.07) is 6.67. The number of likely N-dealkylation sites (N-methyl/N-ethyl adjacent to an activating group) is 1. The van der Waals surface area contributed by atoms with Crippen molar-refractivity contribution in [3.8, 4) is 0 Å². The second kappa shape index (κ2) is 6.49. The first-order valence-corrected chi connectivity index (χ1v) is 6.47. The van der Waals surface area contributed by atoms with Crippen LogP contribution in [0.2, 0.25) is 5.02 Å². The minimum atomic E-state index is -0.467. The van der Waals surface area contributed by atoms with Gasteiger partial charge in [-0.25, -0.2) is 0 Å². The lowest BCUT2D eigenvalue weighted by Crippen LogP contribution is -2.36. The molecule has 20 heavy (non-hydrogen) atoms. The number of amides is 1. The van der Waals surface area contributed by atoms with Crippen molar-refractivity contribution in [2.24, 2.45) is 0 Å². The molecule has 2 rings (SSSR count). The minimum absolute atomic E-state index is 0.157. The highest BCUT2D eigenvalue weighted by molar-refractivity contribution is 6.30. The maximum Gasteiger partial charge on any atom is 0.234 e. The summed E-state index contributed by atoms with van der Waals surface area (Å²) >= 11 is 5.87. The third-order valence-electron chi connectivity index (χ3n) is 2.65. The third-order valence-corrected chi connectivity index (χ3v) is 2.90. The topological polar surface area (TPSA) is 80.0 Å². The monoisotopic (exact) mass is 294 g/mol. The average Bonchev–Trinajstić information content (AvgIpc) is 2.84. The molecule has 0 spiro atoms. The van der Waals surface area contributed by atoms with Crippen molar-refractivity contribution >= 4 is 17.5 Å². The number of nitrogens with zero attached hydrogens (tertiary/aromatic N) is 2. The fourth-order valence-corrected chi connectivity index (χ4v) is 1.88. The standard InChI is InChI=1S/C13H15ClN4O2/c1-8-16-13(18-20-8)12(17-11(19)7-15-2)9-3-5-10(14)6-4-9/h3-6,12,15H,7H2,1-2H3,(H,17,19). The number of benzene rings is 1. The molecule has 2 N–H and O–H groups in total. The summed E-state index contributed by atoms with van der Waals surface area (Å²) in [6.07, 6.45) is 0. The Bertz CT molecular complexity index is 582. The molecule has 0 saturated carbocycles. The first-order valence-electron chi connectivity index (χ1n) is 6.10. The molecule has 2 aromatic rings. The molecule has 1 amide bonds. The van der Waals surface area contributed by atoms with Crippen LogP contribution in [0.4, 0.5) is 0 Å². The highest BCUT2D eigenvalue weighted by Crippen LogP contribution is 2.21. The largest absolute Gasteiger partial charge is 0.341 e. The van der Waals surface area contributed by atoms with Crippen molar-refractivity contribution in [2.75, 3.05) is 13.6 Å². The summed E-state index contributed by atoms with van der Waals surface area (Å²) in [4.78, 5) is 16.0. The molecule has 0 aliphatic carbocycles. The normalized spacial score (nSPS) is 12.2. The highest BCUT2D eigenvalue weighted by Gasteiger charge is 2.21. The first-order chi connectivity index (χ1) is 9.60. The molecule has 1 aromatic heterocycles. The number of rotatable bonds is 5. The van der Waals surface area contributed by atoms with Crippen molar-refractivity contribution < 1.29 is 9.32 Å². The predicted octanol–water partition coefficient (Wildman–Crippen LogP) is 1.46. The number of carbonyl (C=O) groups is 1. The van der Waals surface area contributed by atoms with E-state index in [-0.39, 0.29) is 12.5 Å². The Morgan fingerprint density at radius 1 is 1.40 bits per heavy atom. The Kier molecular flexibility index (Phi) is 4.70. The lowest BCUT2D eigenvalue weighted by molar-refractivity contribution is -0.120. The molecule has 1 heterocycles. The number of halogens is 1. The first kappa shape index (κ1) is 14.5. The maximum absolute atomic E-state index is 11.8. The van der Waals surface area contributed by atoms with Crippen molar-refractivity contribution in [3.63, 3.8) is 0 Å². The van der Waals surface area contributed by atoms with Gasteiger partial charge in [0.15, 0.2) is 5.82 Å². The molecule has 0 aliphatic heterocycles. The van der Waals surface area contributed by atoms with Gasteiger partial charge in [-0.2, -0.15) is 4.98 Å². The quantitative estimate of drug-likeness (QED) is 0.872. The van der Waals surface area contributed by atoms with E-state index in [2.05, 4.69) is 20.8 Å². The van der Waals surface area contributed by atoms with Crippen LogP contribution in [-0.4, -0.2) is 29.6 Å². The van der Waals surface area contributed by atoms with E-state index in [0.717, 1.165) is 5.56 Å². The molecule has 1 unspecified atom stereocenters. The summed E-state index contributed by atoms with van der Waals surface area (Å²) < 4.78 is 4.98. The summed E-state index contributed by atoms with van der Waals surface area (Å²) in [6.45, 7) is 1.91. The molecule has 0 fully saturated rings. The Labute approximate surface area is 121 Å². The van der Waals surface area contributed by atoms with Gasteiger partial charge in [-0.1, -0.05) is 28.9 Å². The molecular weight excluding hydrogens is 280 g/mol. The van der Waals surface area contributed by atoms with E-state index in [0.29, 0.717) is 16.7 Å². The van der Waals surface area contributed by atoms with E-state index in [1.54, 1.807) is 26.1 Å². The van der Waals surface area contributed by atoms with Gasteiger partial charge in [-0.15, -0.1) is 0 Å². The van der Waals surface area contributed by atoms with Gasteiger partial charge >= 0.3 is 0 Å². The van der Waals surface area contributed by atoms with Gasteiger partial charge < -0.3 is 15.2 Å². The fraction of sp³-hybridized carbons (Fsp3) is 0.308. The Balaban J connectivity index is 2.28. The molecule has 1 aromatic carbocycles. The number of hydrogen-bond acceptors (Lipinski definition) is 5. The van der Waals surface area contributed by atoms with Crippen LogP contribution in [0.25, 0.3) is 0 Å². The van der Waals surface area contributed by atoms with Crippen LogP contribution < -0.4 is 10.6 Å². The van der Waals surface area contributed by atoms with Crippen LogP contribution in [0.1, 0.15) is 23.3 Å². The van der Waals surface area contributed by atoms with Gasteiger partial charge in [0.1, 0.15) is 6.04 Å². The molecule has 0 bridgehead atoms. The van der Waals surface area contributed by atoms with Crippen LogP contribution in [-0.2, 0) is 4.79 Å². The number of aromatic nitrogens is 2. The van der Waals surface area contributed by atoms with E-state index >= 15 is 0 Å². The number of carbonyl (C=O) groups excluding carboxylic acids is 1. The van der Waals surface area contributed by atoms with E-state index in [4.69, 9.17) is 16.1 Å². The fourth-order valence-electron chi connectivity index (χ4n) is 1.76. The molecule has 0 aliphatic rings. The Hall–Kier alpha value is -1.92. The van der Waals surface area contributed by atoms with Gasteiger partial charge in [0.25, 0.3) is 0 Å². The van der Waals surface area contributed by atoms with Gasteiger partial charge in [0.2, 0.25) is 11.8 Å². The van der Waals surface area contributed by atoms with Crippen molar-refractivity contribution in [1.29, 1.82) is 0 Å². The molecule has 1 atom stereocenters. The number of nitrogens with one attached hydrogen (secondary N) is 2. The second-order valence-electron chi connectivity index (χ2n) is 4.25. The van der Waals surface area contributed by atoms with Gasteiger partial charge in [-0.3, -0.25) is 4.79 Å². The Morgan fingerprint density at radius 2 is 2.10 bits per heavy atom. The van der Waals surface area contributed by atoms with E-state index in [9.17, 15) is 4.79 Å². The van der Waals surface area contributed by atoms with E-state index in [1.165, 1.54) is 0 Å². The third kappa shape index (κ3) is 3.55. The van der Waals surface area contributed by atoms with E-state index in [1.807, 2.05) is 12.1 Å². The van der Waals surface area contributed by atoms with E-state index < -0.39 is 6.04 Å². The van der Waals surface area contributed by atoms with Crippen LogP contribution in [0.3, 0.4) is 0 Å². The number of hydrogen-bond donors (Lipinski definition) is 2. The van der Waals surface area contributed by atoms with Crippen LogP contribution in [0.15, 0.2) is 28.8 Å². The predicted molar refractivity (Wildman–Crippen MR) is 74.4 cm³/mol. The molecule has 106 valence electrons. The lowest BCUT2D eigenvalue weighted by atomic mass is 10.1. The molecular formula is C13H15ClN4O2. The van der Waals surface area contributed by atoms with Gasteiger partial charge in [0, 0.05) is 11.9 Å². The van der Waals surface area contributed by atoms with Crippen molar-refractivity contribution in [3.05, 3.63) is 46.6 Å². The minimum Gasteiger partial charge on any atom is -0.341 e. The van der Waals surface area contributed by atoms with Crippen molar-refractivity contribution in [2.45, 2.75) is 13.0 Å². The lowest BCUT2D eigenvalue weighted by Gasteiger charge is -2.15. The molecule has 6 nitrogen and oxygen atoms in total. The zero-order valence-electron chi connectivity index (χ0n) is 11.2. The highest BCUT2D eigenvalue weighted by atomic mass is 35.5. The van der Waals surface area contributed by atoms with Crippen LogP contribution in [0, 0.1) is 6.92 Å². The summed E-state index contributed by atoms with van der Waals surface area (Å²) in [5.74, 6) is 0.700. The zero-order chi connectivity index (χ0) is 14.5. The van der Waals surface area contributed by atoms with Gasteiger partial charge in [-0.05, 0) is 24.7 Å². The molecule has 7 heteroatoms. The molecule has 0 radical (unpaired) electrons. The summed E-state index contributed by atoms with van der Waals surface area (Å²) in [5.41, 5.74) is 0.833. The SMILES string of the molecule is CNCC(=O)NC(c1ccc(Cl)cc1)c1noc(C)n1. The summed E-state index contributed by atoms with van der Waals surface area (Å²) in [5, 5.41) is 10.1. The van der Waals surface area contributed by atoms with Crippen LogP contribution >= 0.6 is 11.6 Å². The maximum atomic E-state index is 11.8. The average molecular weight is 295 g/mol. The van der Waals surface area contributed by atoms with Gasteiger partial charge in [0.05, 0.1) is 6.54 Å². The van der Waals surface area contributed by atoms with Crippen molar-refractivity contribution in [1.82, 2.24) is 20.8 Å².